The van der Waals surface area contributed by atoms with Crippen LogP contribution >= 0.6 is 0 Å². The van der Waals surface area contributed by atoms with E-state index in [0.29, 0.717) is 23.7 Å². The first-order valence-electron chi connectivity index (χ1n) is 11.0. The van der Waals surface area contributed by atoms with E-state index in [1.165, 1.54) is 6.26 Å². The number of hydrogen-bond acceptors (Lipinski definition) is 4. The Bertz CT molecular complexity index is 1210. The molecule has 168 valence electrons. The Morgan fingerprint density at radius 3 is 2.59 bits per heavy atom. The summed E-state index contributed by atoms with van der Waals surface area (Å²) < 4.78 is 23.3. The third kappa shape index (κ3) is 4.88. The summed E-state index contributed by atoms with van der Waals surface area (Å²) in [6.45, 7) is 3.26. The second-order valence-electron chi connectivity index (χ2n) is 8.28. The molecule has 4 rings (SSSR count). The second-order valence-corrected chi connectivity index (χ2v) is 10.3. The van der Waals surface area contributed by atoms with Crippen molar-refractivity contribution < 1.29 is 13.2 Å². The maximum atomic E-state index is 13.2. The summed E-state index contributed by atoms with van der Waals surface area (Å²) >= 11 is 0. The number of nitrogens with one attached hydrogen (secondary N) is 2. The smallest absolute Gasteiger partial charge is 0.270 e. The van der Waals surface area contributed by atoms with Crippen LogP contribution in [0.25, 0.3) is 10.9 Å². The molecule has 0 bridgehead atoms. The molecule has 0 unspecified atom stereocenters. The molecular formula is C25H29N3O3S. The summed E-state index contributed by atoms with van der Waals surface area (Å²) in [5.41, 5.74) is 3.72. The van der Waals surface area contributed by atoms with Crippen LogP contribution in [0.4, 0.5) is 0 Å². The lowest BCUT2D eigenvalue weighted by Gasteiger charge is -2.32. The van der Waals surface area contributed by atoms with Gasteiger partial charge in [-0.15, -0.1) is 0 Å². The molecule has 1 aliphatic rings. The van der Waals surface area contributed by atoms with Crippen molar-refractivity contribution in [3.8, 4) is 0 Å². The van der Waals surface area contributed by atoms with Crippen molar-refractivity contribution >= 4 is 26.6 Å². The highest BCUT2D eigenvalue weighted by molar-refractivity contribution is 7.90. The monoisotopic (exact) mass is 451 g/mol. The number of likely N-dealkylation sites (N-methyl/N-ethyl adjacent to an activating group) is 1. The molecule has 0 aliphatic heterocycles. The zero-order valence-electron chi connectivity index (χ0n) is 18.5. The van der Waals surface area contributed by atoms with Gasteiger partial charge in [0.15, 0.2) is 9.84 Å². The van der Waals surface area contributed by atoms with Gasteiger partial charge in [-0.05, 0) is 62.1 Å². The third-order valence-corrected chi connectivity index (χ3v) is 7.10. The van der Waals surface area contributed by atoms with E-state index in [1.54, 1.807) is 12.1 Å². The van der Waals surface area contributed by atoms with Gasteiger partial charge in [0.1, 0.15) is 5.69 Å². The van der Waals surface area contributed by atoms with Crippen molar-refractivity contribution in [1.29, 1.82) is 0 Å². The van der Waals surface area contributed by atoms with Crippen LogP contribution in [0.1, 0.15) is 42.2 Å². The van der Waals surface area contributed by atoms with E-state index < -0.39 is 9.84 Å². The average molecular weight is 452 g/mol. The Hall–Kier alpha value is -3.06. The molecule has 2 N–H and O–H groups in total. The molecule has 7 heteroatoms. The topological polar surface area (TPSA) is 82.3 Å². The second kappa shape index (κ2) is 9.20. The summed E-state index contributed by atoms with van der Waals surface area (Å²) in [5, 5.41) is 4.51. The molecule has 0 saturated carbocycles. The van der Waals surface area contributed by atoms with Crippen LogP contribution < -0.4 is 5.32 Å². The van der Waals surface area contributed by atoms with E-state index in [-0.39, 0.29) is 11.9 Å². The van der Waals surface area contributed by atoms with Gasteiger partial charge in [0.05, 0.1) is 10.9 Å². The van der Waals surface area contributed by atoms with Gasteiger partial charge < -0.3 is 15.2 Å². The molecule has 0 radical (unpaired) electrons. The maximum absolute atomic E-state index is 13.2. The molecule has 1 aliphatic carbocycles. The summed E-state index contributed by atoms with van der Waals surface area (Å²) in [5.74, 6) is 0.0163. The quantitative estimate of drug-likeness (QED) is 0.562. The summed E-state index contributed by atoms with van der Waals surface area (Å²) in [6.07, 6.45) is 6.26. The van der Waals surface area contributed by atoms with E-state index in [2.05, 4.69) is 16.4 Å². The minimum Gasteiger partial charge on any atom is -0.384 e. The molecule has 0 saturated heterocycles. The number of fused-ring (bicyclic) bond motifs is 1. The van der Waals surface area contributed by atoms with E-state index in [1.807, 2.05) is 54.3 Å². The molecule has 3 aromatic rings. The number of aromatic amines is 1. The Morgan fingerprint density at radius 1 is 1.16 bits per heavy atom. The number of allylic oxidation sites excluding steroid dienone is 1. The fourth-order valence-corrected chi connectivity index (χ4v) is 4.87. The first kappa shape index (κ1) is 22.1. The van der Waals surface area contributed by atoms with Gasteiger partial charge >= 0.3 is 0 Å². The number of H-pyrrole nitrogens is 1. The van der Waals surface area contributed by atoms with E-state index in [4.69, 9.17) is 0 Å². The number of para-hydroxylation sites is 1. The van der Waals surface area contributed by atoms with Crippen molar-refractivity contribution in [2.24, 2.45) is 0 Å². The average Bonchev–Trinajstić information content (AvgIpc) is 3.23. The van der Waals surface area contributed by atoms with Crippen molar-refractivity contribution in [3.63, 3.8) is 0 Å². The van der Waals surface area contributed by atoms with Gasteiger partial charge in [0, 0.05) is 35.9 Å². The normalized spacial score (nSPS) is 16.6. The largest absolute Gasteiger partial charge is 0.384 e. The van der Waals surface area contributed by atoms with E-state index in [0.717, 1.165) is 41.4 Å². The number of nitrogens with zero attached hydrogens (tertiary/aromatic N) is 1. The lowest BCUT2D eigenvalue weighted by atomic mass is 9.98. The SMILES string of the molecule is CCN(C(=O)c1cc2ccccc2[nH]1)[C@@H]1C=C(NCc2ccc(S(C)(=O)=O)cc2)CCC1. The zero-order chi connectivity index (χ0) is 22.7. The Morgan fingerprint density at radius 2 is 1.91 bits per heavy atom. The highest BCUT2D eigenvalue weighted by Crippen LogP contribution is 2.24. The molecule has 0 spiro atoms. The van der Waals surface area contributed by atoms with Crippen molar-refractivity contribution in [1.82, 2.24) is 15.2 Å². The Kier molecular flexibility index (Phi) is 6.37. The van der Waals surface area contributed by atoms with Crippen LogP contribution in [0.15, 0.2) is 71.3 Å². The molecule has 1 heterocycles. The highest BCUT2D eigenvalue weighted by atomic mass is 32.2. The van der Waals surface area contributed by atoms with Crippen molar-refractivity contribution in [2.75, 3.05) is 12.8 Å². The number of benzene rings is 2. The summed E-state index contributed by atoms with van der Waals surface area (Å²) in [4.78, 5) is 18.7. The predicted molar refractivity (Wildman–Crippen MR) is 127 cm³/mol. The zero-order valence-corrected chi connectivity index (χ0v) is 19.3. The Balaban J connectivity index is 1.45. The molecule has 1 aromatic heterocycles. The lowest BCUT2D eigenvalue weighted by Crippen LogP contribution is -2.41. The van der Waals surface area contributed by atoms with Gasteiger partial charge in [-0.3, -0.25) is 4.79 Å². The number of sulfone groups is 1. The maximum Gasteiger partial charge on any atom is 0.270 e. The molecule has 1 amide bonds. The number of carbonyl (C=O) groups excluding carboxylic acids is 1. The minimum absolute atomic E-state index is 0.0163. The van der Waals surface area contributed by atoms with Crippen LogP contribution in [0.2, 0.25) is 0 Å². The number of amides is 1. The van der Waals surface area contributed by atoms with Gasteiger partial charge in [-0.2, -0.15) is 0 Å². The molecule has 6 nitrogen and oxygen atoms in total. The molecule has 0 fully saturated rings. The molecule has 1 atom stereocenters. The standard InChI is InChI=1S/C25H29N3O3S/c1-3-28(25(29)24-15-19-7-4-5-10-23(19)27-24)21-9-6-8-20(16-21)26-17-18-11-13-22(14-12-18)32(2,30)31/h4-5,7,10-16,21,26-27H,3,6,8-9,17H2,1-2H3/t21-/m0/s1. The number of aromatic nitrogens is 1. The van der Waals surface area contributed by atoms with Crippen LogP contribution in [0, 0.1) is 0 Å². The van der Waals surface area contributed by atoms with Gasteiger partial charge in [0.25, 0.3) is 5.91 Å². The van der Waals surface area contributed by atoms with E-state index in [9.17, 15) is 13.2 Å². The molecule has 2 aromatic carbocycles. The fraction of sp³-hybridized carbons (Fsp3) is 0.320. The number of rotatable bonds is 7. The fourth-order valence-electron chi connectivity index (χ4n) is 4.24. The lowest BCUT2D eigenvalue weighted by molar-refractivity contribution is 0.0706. The van der Waals surface area contributed by atoms with Crippen molar-refractivity contribution in [2.45, 2.75) is 43.7 Å². The first-order chi connectivity index (χ1) is 15.3. The Labute approximate surface area is 189 Å². The third-order valence-electron chi connectivity index (χ3n) is 5.97. The molecular weight excluding hydrogens is 422 g/mol. The summed E-state index contributed by atoms with van der Waals surface area (Å²) in [6, 6.07) is 16.8. The van der Waals surface area contributed by atoms with Gasteiger partial charge in [-0.1, -0.05) is 30.3 Å². The van der Waals surface area contributed by atoms with E-state index >= 15 is 0 Å². The van der Waals surface area contributed by atoms with Crippen LogP contribution in [0.3, 0.4) is 0 Å². The highest BCUT2D eigenvalue weighted by Gasteiger charge is 2.25. The van der Waals surface area contributed by atoms with Crippen LogP contribution in [-0.2, 0) is 16.4 Å². The molecule has 32 heavy (non-hydrogen) atoms. The van der Waals surface area contributed by atoms with Crippen molar-refractivity contribution in [3.05, 3.63) is 77.6 Å². The number of hydrogen-bond donors (Lipinski definition) is 2. The van der Waals surface area contributed by atoms with Crippen LogP contribution in [-0.4, -0.2) is 43.1 Å². The minimum atomic E-state index is -3.19. The van der Waals surface area contributed by atoms with Crippen LogP contribution in [0.5, 0.6) is 0 Å². The summed E-state index contributed by atoms with van der Waals surface area (Å²) in [7, 11) is -3.19. The number of carbonyl (C=O) groups is 1. The first-order valence-corrected chi connectivity index (χ1v) is 12.9. The predicted octanol–water partition coefficient (Wildman–Crippen LogP) is 4.26. The van der Waals surface area contributed by atoms with Gasteiger partial charge in [0.2, 0.25) is 0 Å². The van der Waals surface area contributed by atoms with Gasteiger partial charge in [-0.25, -0.2) is 8.42 Å².